The molecule has 5 heteroatoms. The van der Waals surface area contributed by atoms with E-state index >= 15 is 0 Å². The lowest BCUT2D eigenvalue weighted by Crippen LogP contribution is -2.27. The molecule has 134 valence electrons. The van der Waals surface area contributed by atoms with Crippen LogP contribution >= 0.6 is 11.6 Å². The fourth-order valence-electron chi connectivity index (χ4n) is 3.74. The number of hydrogen-bond donors (Lipinski definition) is 0. The van der Waals surface area contributed by atoms with Crippen LogP contribution in [0.5, 0.6) is 0 Å². The van der Waals surface area contributed by atoms with Crippen molar-refractivity contribution < 1.29 is 8.78 Å². The predicted octanol–water partition coefficient (Wildman–Crippen LogP) is 5.27. The molecule has 0 bridgehead atoms. The molecule has 1 aliphatic heterocycles. The predicted molar refractivity (Wildman–Crippen MR) is 102 cm³/mol. The number of nitrogens with zero attached hydrogens (tertiary/aromatic N) is 2. The Kier molecular flexibility index (Phi) is 4.33. The summed E-state index contributed by atoms with van der Waals surface area (Å²) in [6.45, 7) is 6.50. The SMILES string of the molecule is C=C(Cn1c2c(c3cc(Cl)ccc31)CN(C)CC2)c1ccc(F)c(F)c1. The van der Waals surface area contributed by atoms with Crippen molar-refractivity contribution in [3.8, 4) is 0 Å². The molecule has 0 unspecified atom stereocenters. The molecule has 0 saturated heterocycles. The second-order valence-electron chi connectivity index (χ2n) is 6.89. The molecule has 4 rings (SSSR count). The van der Waals surface area contributed by atoms with Gasteiger partial charge in [0.2, 0.25) is 0 Å². The van der Waals surface area contributed by atoms with Gasteiger partial charge in [-0.25, -0.2) is 8.78 Å². The molecule has 0 aliphatic carbocycles. The van der Waals surface area contributed by atoms with E-state index in [2.05, 4.69) is 23.1 Å². The monoisotopic (exact) mass is 372 g/mol. The van der Waals surface area contributed by atoms with Gasteiger partial charge in [-0.15, -0.1) is 0 Å². The van der Waals surface area contributed by atoms with E-state index in [1.165, 1.54) is 17.3 Å². The maximum Gasteiger partial charge on any atom is 0.159 e. The fraction of sp³-hybridized carbons (Fsp3) is 0.238. The summed E-state index contributed by atoms with van der Waals surface area (Å²) in [6.07, 6.45) is 0.934. The Morgan fingerprint density at radius 2 is 1.96 bits per heavy atom. The van der Waals surface area contributed by atoms with Crippen LogP contribution in [0, 0.1) is 11.6 Å². The summed E-state index contributed by atoms with van der Waals surface area (Å²) in [5.74, 6) is -1.69. The second-order valence-corrected chi connectivity index (χ2v) is 7.33. The number of allylic oxidation sites excluding steroid dienone is 1. The van der Waals surface area contributed by atoms with Crippen molar-refractivity contribution in [3.05, 3.63) is 76.5 Å². The van der Waals surface area contributed by atoms with Crippen LogP contribution in [-0.2, 0) is 19.5 Å². The zero-order valence-corrected chi connectivity index (χ0v) is 15.3. The Morgan fingerprint density at radius 3 is 2.73 bits per heavy atom. The highest BCUT2D eigenvalue weighted by Crippen LogP contribution is 2.33. The third kappa shape index (κ3) is 2.93. The normalized spacial score (nSPS) is 14.6. The minimum absolute atomic E-state index is 0.530. The van der Waals surface area contributed by atoms with Gasteiger partial charge in [-0.3, -0.25) is 0 Å². The molecular weight excluding hydrogens is 354 g/mol. The molecular formula is C21H19ClF2N2. The van der Waals surface area contributed by atoms with E-state index in [1.807, 2.05) is 18.2 Å². The van der Waals surface area contributed by atoms with Crippen molar-refractivity contribution in [3.63, 3.8) is 0 Å². The van der Waals surface area contributed by atoms with E-state index in [-0.39, 0.29) is 0 Å². The molecule has 0 radical (unpaired) electrons. The van der Waals surface area contributed by atoms with E-state index in [1.54, 1.807) is 6.07 Å². The number of benzene rings is 2. The lowest BCUT2D eigenvalue weighted by molar-refractivity contribution is 0.310. The first-order valence-electron chi connectivity index (χ1n) is 8.55. The zero-order chi connectivity index (χ0) is 18.4. The van der Waals surface area contributed by atoms with Crippen LogP contribution in [0.15, 0.2) is 43.0 Å². The summed E-state index contributed by atoms with van der Waals surface area (Å²) in [4.78, 5) is 2.29. The van der Waals surface area contributed by atoms with Crippen molar-refractivity contribution in [2.75, 3.05) is 13.6 Å². The van der Waals surface area contributed by atoms with Crippen molar-refractivity contribution in [2.45, 2.75) is 19.5 Å². The minimum atomic E-state index is -0.851. The summed E-state index contributed by atoms with van der Waals surface area (Å²) in [5, 5.41) is 1.86. The summed E-state index contributed by atoms with van der Waals surface area (Å²) in [6, 6.07) is 9.84. The van der Waals surface area contributed by atoms with Crippen LogP contribution in [0.4, 0.5) is 8.78 Å². The molecule has 0 fully saturated rings. The first kappa shape index (κ1) is 17.3. The molecule has 2 nitrogen and oxygen atoms in total. The highest BCUT2D eigenvalue weighted by Gasteiger charge is 2.23. The maximum atomic E-state index is 13.6. The van der Waals surface area contributed by atoms with E-state index in [0.717, 1.165) is 42.1 Å². The minimum Gasteiger partial charge on any atom is -0.340 e. The smallest absolute Gasteiger partial charge is 0.159 e. The molecule has 0 spiro atoms. The Balaban J connectivity index is 1.79. The largest absolute Gasteiger partial charge is 0.340 e. The molecule has 0 N–H and O–H groups in total. The van der Waals surface area contributed by atoms with Gasteiger partial charge in [-0.2, -0.15) is 0 Å². The molecule has 1 aromatic heterocycles. The van der Waals surface area contributed by atoms with Crippen molar-refractivity contribution >= 4 is 28.1 Å². The Hall–Kier alpha value is -2.17. The number of likely N-dealkylation sites (N-methyl/N-ethyl adjacent to an activating group) is 1. The van der Waals surface area contributed by atoms with Crippen LogP contribution in [0.25, 0.3) is 16.5 Å². The van der Waals surface area contributed by atoms with Crippen LogP contribution in [0.2, 0.25) is 5.02 Å². The molecule has 2 heterocycles. The van der Waals surface area contributed by atoms with E-state index in [0.29, 0.717) is 17.1 Å². The molecule has 1 aliphatic rings. The van der Waals surface area contributed by atoms with E-state index in [4.69, 9.17) is 11.6 Å². The number of halogens is 3. The van der Waals surface area contributed by atoms with Crippen LogP contribution in [0.1, 0.15) is 16.8 Å². The summed E-state index contributed by atoms with van der Waals surface area (Å²) in [7, 11) is 2.11. The molecule has 0 amide bonds. The lowest BCUT2D eigenvalue weighted by Gasteiger charge is -2.24. The molecule has 0 atom stereocenters. The zero-order valence-electron chi connectivity index (χ0n) is 14.5. The highest BCUT2D eigenvalue weighted by atomic mass is 35.5. The van der Waals surface area contributed by atoms with Crippen LogP contribution in [0.3, 0.4) is 0 Å². The van der Waals surface area contributed by atoms with Crippen LogP contribution < -0.4 is 0 Å². The van der Waals surface area contributed by atoms with Gasteiger partial charge in [0.15, 0.2) is 11.6 Å². The third-order valence-corrected chi connectivity index (χ3v) is 5.32. The number of hydrogen-bond acceptors (Lipinski definition) is 1. The Labute approximate surface area is 156 Å². The molecule has 0 saturated carbocycles. The van der Waals surface area contributed by atoms with Gasteiger partial charge in [0, 0.05) is 47.7 Å². The number of rotatable bonds is 3. The second kappa shape index (κ2) is 6.53. The number of aromatic nitrogens is 1. The third-order valence-electron chi connectivity index (χ3n) is 5.08. The van der Waals surface area contributed by atoms with Gasteiger partial charge in [-0.05, 0) is 54.1 Å². The van der Waals surface area contributed by atoms with Gasteiger partial charge in [0.1, 0.15) is 0 Å². The first-order valence-corrected chi connectivity index (χ1v) is 8.93. The molecule has 2 aromatic carbocycles. The Bertz CT molecular complexity index is 1020. The van der Waals surface area contributed by atoms with Crippen LogP contribution in [-0.4, -0.2) is 23.1 Å². The van der Waals surface area contributed by atoms with Crippen molar-refractivity contribution in [1.82, 2.24) is 9.47 Å². The fourth-order valence-corrected chi connectivity index (χ4v) is 3.91. The average Bonchev–Trinajstić information content (AvgIpc) is 2.90. The maximum absolute atomic E-state index is 13.6. The Morgan fingerprint density at radius 1 is 1.15 bits per heavy atom. The van der Waals surface area contributed by atoms with E-state index in [9.17, 15) is 8.78 Å². The molecule has 26 heavy (non-hydrogen) atoms. The van der Waals surface area contributed by atoms with Gasteiger partial charge >= 0.3 is 0 Å². The van der Waals surface area contributed by atoms with Gasteiger partial charge in [-0.1, -0.05) is 24.2 Å². The van der Waals surface area contributed by atoms with Gasteiger partial charge in [0.25, 0.3) is 0 Å². The van der Waals surface area contributed by atoms with Crippen molar-refractivity contribution in [1.29, 1.82) is 0 Å². The van der Waals surface area contributed by atoms with E-state index < -0.39 is 11.6 Å². The van der Waals surface area contributed by atoms with Gasteiger partial charge in [0.05, 0.1) is 0 Å². The quantitative estimate of drug-likeness (QED) is 0.607. The first-order chi connectivity index (χ1) is 12.4. The average molecular weight is 373 g/mol. The number of fused-ring (bicyclic) bond motifs is 3. The molecule has 3 aromatic rings. The topological polar surface area (TPSA) is 8.17 Å². The van der Waals surface area contributed by atoms with Gasteiger partial charge < -0.3 is 9.47 Å². The van der Waals surface area contributed by atoms with Crippen molar-refractivity contribution in [2.24, 2.45) is 0 Å². The lowest BCUT2D eigenvalue weighted by atomic mass is 10.0. The summed E-state index contributed by atoms with van der Waals surface area (Å²) in [5.41, 5.74) is 5.01. The summed E-state index contributed by atoms with van der Waals surface area (Å²) < 4.78 is 29.0. The summed E-state index contributed by atoms with van der Waals surface area (Å²) >= 11 is 6.22. The highest BCUT2D eigenvalue weighted by molar-refractivity contribution is 6.31. The standard InChI is InChI=1S/C21H19ClF2N2/c1-13(14-3-5-18(23)19(24)9-14)11-26-20-6-4-15(22)10-16(20)17-12-25(2)8-7-21(17)26/h3-6,9-10H,1,7-8,11-12H2,2H3.